The number of amides is 1. The van der Waals surface area contributed by atoms with Crippen LogP contribution in [0.15, 0.2) is 12.4 Å². The summed E-state index contributed by atoms with van der Waals surface area (Å²) < 4.78 is 5.79. The largest absolute Gasteiger partial charge is 0.441 e. The maximum absolute atomic E-state index is 12.2. The molecule has 0 aromatic carbocycles. The molecule has 1 aromatic heterocycles. The first-order valence-corrected chi connectivity index (χ1v) is 8.32. The van der Waals surface area contributed by atoms with Gasteiger partial charge in [0.25, 0.3) is 0 Å². The number of hydrogen-bond acceptors (Lipinski definition) is 4. The highest BCUT2D eigenvalue weighted by Crippen LogP contribution is 2.34. The summed E-state index contributed by atoms with van der Waals surface area (Å²) in [7, 11) is 0. The molecule has 0 saturated carbocycles. The smallest absolute Gasteiger partial charge is 0.410 e. The maximum atomic E-state index is 12.2. The molecule has 0 aliphatic carbocycles. The van der Waals surface area contributed by atoms with Crippen molar-refractivity contribution in [2.75, 3.05) is 19.6 Å². The first kappa shape index (κ1) is 15.3. The summed E-state index contributed by atoms with van der Waals surface area (Å²) >= 11 is 0. The topological polar surface area (TPSA) is 61.5 Å². The van der Waals surface area contributed by atoms with Gasteiger partial charge in [-0.2, -0.15) is 0 Å². The molecule has 1 spiro atoms. The number of aromatic nitrogens is 2. The predicted molar refractivity (Wildman–Crippen MR) is 83.4 cm³/mol. The van der Waals surface area contributed by atoms with Crippen molar-refractivity contribution in [1.82, 2.24) is 19.8 Å². The molecule has 3 heterocycles. The molecule has 6 nitrogen and oxygen atoms in total. The second kappa shape index (κ2) is 6.28. The first-order chi connectivity index (χ1) is 10.6. The second-order valence-electron chi connectivity index (χ2n) is 6.63. The minimum Gasteiger partial charge on any atom is -0.441 e. The van der Waals surface area contributed by atoms with Gasteiger partial charge in [-0.05, 0) is 13.3 Å². The average molecular weight is 306 g/mol. The van der Waals surface area contributed by atoms with E-state index in [0.29, 0.717) is 0 Å². The third-order valence-electron chi connectivity index (χ3n) is 4.93. The van der Waals surface area contributed by atoms with Crippen LogP contribution in [0.25, 0.3) is 0 Å². The lowest BCUT2D eigenvalue weighted by atomic mass is 9.91. The van der Waals surface area contributed by atoms with Crippen LogP contribution in [0.3, 0.4) is 0 Å². The van der Waals surface area contributed by atoms with Crippen LogP contribution in [0.1, 0.15) is 45.4 Å². The monoisotopic (exact) mass is 306 g/mol. The quantitative estimate of drug-likeness (QED) is 0.907. The number of carbonyl (C=O) groups is 1. The molecule has 6 heteroatoms. The van der Waals surface area contributed by atoms with E-state index >= 15 is 0 Å². The van der Waals surface area contributed by atoms with Crippen LogP contribution in [0.4, 0.5) is 4.79 Å². The third-order valence-corrected chi connectivity index (χ3v) is 4.93. The van der Waals surface area contributed by atoms with Crippen molar-refractivity contribution in [3.63, 3.8) is 0 Å². The van der Waals surface area contributed by atoms with Gasteiger partial charge >= 0.3 is 6.09 Å². The molecular weight excluding hydrogens is 280 g/mol. The fourth-order valence-electron chi connectivity index (χ4n) is 3.54. The van der Waals surface area contributed by atoms with Gasteiger partial charge in [-0.25, -0.2) is 9.78 Å². The van der Waals surface area contributed by atoms with Crippen molar-refractivity contribution in [3.05, 3.63) is 18.2 Å². The second-order valence-corrected chi connectivity index (χ2v) is 6.63. The molecule has 2 aliphatic rings. The minimum absolute atomic E-state index is 0.125. The lowest BCUT2D eigenvalue weighted by molar-refractivity contribution is -0.00183. The number of H-pyrrole nitrogens is 1. The van der Waals surface area contributed by atoms with E-state index in [1.807, 2.05) is 11.1 Å². The van der Waals surface area contributed by atoms with E-state index in [1.165, 1.54) is 0 Å². The molecule has 3 rings (SSSR count). The van der Waals surface area contributed by atoms with Gasteiger partial charge in [0.1, 0.15) is 11.4 Å². The molecule has 1 atom stereocenters. The Morgan fingerprint density at radius 1 is 1.45 bits per heavy atom. The number of piperidine rings is 1. The Balaban J connectivity index is 1.55. The maximum Gasteiger partial charge on any atom is 0.410 e. The van der Waals surface area contributed by atoms with Gasteiger partial charge in [0, 0.05) is 44.4 Å². The van der Waals surface area contributed by atoms with Gasteiger partial charge in [0.2, 0.25) is 0 Å². The van der Waals surface area contributed by atoms with Crippen molar-refractivity contribution in [2.24, 2.45) is 0 Å². The van der Waals surface area contributed by atoms with Crippen molar-refractivity contribution < 1.29 is 9.53 Å². The Morgan fingerprint density at radius 2 is 2.23 bits per heavy atom. The van der Waals surface area contributed by atoms with Crippen LogP contribution < -0.4 is 0 Å². The highest BCUT2D eigenvalue weighted by Gasteiger charge is 2.47. The normalized spacial score (nSPS) is 23.0. The Morgan fingerprint density at radius 3 is 2.86 bits per heavy atom. The van der Waals surface area contributed by atoms with Gasteiger partial charge in [-0.3, -0.25) is 4.90 Å². The third kappa shape index (κ3) is 3.11. The van der Waals surface area contributed by atoms with Gasteiger partial charge in [-0.15, -0.1) is 0 Å². The molecule has 0 unspecified atom stereocenters. The molecule has 2 saturated heterocycles. The van der Waals surface area contributed by atoms with Crippen LogP contribution in [-0.4, -0.2) is 57.1 Å². The number of aromatic amines is 1. The van der Waals surface area contributed by atoms with E-state index in [-0.39, 0.29) is 17.7 Å². The average Bonchev–Trinajstić information content (AvgIpc) is 3.10. The zero-order chi connectivity index (χ0) is 15.6. The number of likely N-dealkylation sites (tertiary alicyclic amines) is 1. The van der Waals surface area contributed by atoms with Crippen LogP contribution in [-0.2, 0) is 11.3 Å². The van der Waals surface area contributed by atoms with Crippen LogP contribution in [0.5, 0.6) is 0 Å². The van der Waals surface area contributed by atoms with E-state index in [1.54, 1.807) is 6.20 Å². The molecule has 0 radical (unpaired) electrons. The Bertz CT molecular complexity index is 494. The van der Waals surface area contributed by atoms with Gasteiger partial charge in [0.15, 0.2) is 0 Å². The van der Waals surface area contributed by atoms with E-state index < -0.39 is 0 Å². The Kier molecular flexibility index (Phi) is 4.38. The van der Waals surface area contributed by atoms with E-state index in [4.69, 9.17) is 4.74 Å². The first-order valence-electron chi connectivity index (χ1n) is 8.32. The highest BCUT2D eigenvalue weighted by atomic mass is 16.6. The van der Waals surface area contributed by atoms with E-state index in [2.05, 4.69) is 28.7 Å². The van der Waals surface area contributed by atoms with E-state index in [0.717, 1.165) is 57.7 Å². The molecular formula is C16H26N4O2. The van der Waals surface area contributed by atoms with Crippen molar-refractivity contribution in [3.8, 4) is 0 Å². The molecule has 2 fully saturated rings. The van der Waals surface area contributed by atoms with Crippen LogP contribution in [0, 0.1) is 0 Å². The standard InChI is InChI=1S/C16H26N4O2/c1-3-4-13(2)20-12-16(22-15(20)21)5-9-19(10-6-16)11-14-17-7-8-18-14/h7-8,13H,3-6,9-12H2,1-2H3,(H,17,18)/t13-/m1/s1. The summed E-state index contributed by atoms with van der Waals surface area (Å²) in [4.78, 5) is 23.9. The number of ether oxygens (including phenoxy) is 1. The zero-order valence-corrected chi connectivity index (χ0v) is 13.5. The minimum atomic E-state index is -0.265. The lowest BCUT2D eigenvalue weighted by Crippen LogP contribution is -2.47. The number of imidazole rings is 1. The summed E-state index contributed by atoms with van der Waals surface area (Å²) in [6, 6.07) is 0.276. The number of rotatable bonds is 5. The SMILES string of the molecule is CCC[C@@H](C)N1CC2(CCN(Cc3ncc[nH]3)CC2)OC1=O. The summed E-state index contributed by atoms with van der Waals surface area (Å²) in [6.45, 7) is 7.76. The van der Waals surface area contributed by atoms with Crippen LogP contribution >= 0.6 is 0 Å². The molecule has 22 heavy (non-hydrogen) atoms. The molecule has 0 bridgehead atoms. The van der Waals surface area contributed by atoms with Crippen molar-refractivity contribution >= 4 is 6.09 Å². The van der Waals surface area contributed by atoms with Crippen LogP contribution in [0.2, 0.25) is 0 Å². The fourth-order valence-corrected chi connectivity index (χ4v) is 3.54. The number of nitrogens with zero attached hydrogens (tertiary/aromatic N) is 3. The fraction of sp³-hybridized carbons (Fsp3) is 0.750. The number of hydrogen-bond donors (Lipinski definition) is 1. The van der Waals surface area contributed by atoms with Crippen molar-refractivity contribution in [2.45, 2.75) is 57.7 Å². The number of nitrogens with one attached hydrogen (secondary N) is 1. The lowest BCUT2D eigenvalue weighted by Gasteiger charge is -2.37. The molecule has 2 aliphatic heterocycles. The highest BCUT2D eigenvalue weighted by molar-refractivity contribution is 5.71. The van der Waals surface area contributed by atoms with E-state index in [9.17, 15) is 4.79 Å². The Hall–Kier alpha value is -1.56. The molecule has 1 amide bonds. The molecule has 122 valence electrons. The molecule has 1 N–H and O–H groups in total. The Labute approximate surface area is 131 Å². The van der Waals surface area contributed by atoms with Gasteiger partial charge in [0.05, 0.1) is 13.1 Å². The molecule has 1 aromatic rings. The summed E-state index contributed by atoms with van der Waals surface area (Å²) in [5.74, 6) is 0.998. The predicted octanol–water partition coefficient (Wildman–Crippen LogP) is 2.39. The van der Waals surface area contributed by atoms with Gasteiger partial charge in [-0.1, -0.05) is 13.3 Å². The zero-order valence-electron chi connectivity index (χ0n) is 13.5. The summed E-state index contributed by atoms with van der Waals surface area (Å²) in [6.07, 6.45) is 7.47. The van der Waals surface area contributed by atoms with Crippen molar-refractivity contribution in [1.29, 1.82) is 0 Å². The summed E-state index contributed by atoms with van der Waals surface area (Å²) in [5, 5.41) is 0. The number of carbonyl (C=O) groups excluding carboxylic acids is 1. The van der Waals surface area contributed by atoms with Gasteiger partial charge < -0.3 is 14.6 Å². The summed E-state index contributed by atoms with van der Waals surface area (Å²) in [5.41, 5.74) is -0.265.